The van der Waals surface area contributed by atoms with Crippen molar-refractivity contribution in [2.45, 2.75) is 15.3 Å². The van der Waals surface area contributed by atoms with E-state index in [1.807, 2.05) is 0 Å². The number of carbonyl (C=O) groups is 1. The third-order valence-electron chi connectivity index (χ3n) is 0.840. The lowest BCUT2D eigenvalue weighted by Crippen LogP contribution is -2.42. The molecule has 7 heteroatoms. The molecule has 0 aliphatic rings. The minimum atomic E-state index is -1.13. The maximum absolute atomic E-state index is 10.7. The second kappa shape index (κ2) is 5.41. The van der Waals surface area contributed by atoms with Crippen LogP contribution in [0.15, 0.2) is 0 Å². The molecule has 12 heavy (non-hydrogen) atoms. The number of halogens is 3. The largest absolute Gasteiger partial charge is 0.450 e. The number of aliphatic hydroxyl groups is 1. The predicted octanol–water partition coefficient (Wildman–Crippen LogP) is 1.89. The molecule has 0 aromatic heterocycles. The molecule has 0 aromatic rings. The number of rotatable bonds is 2. The molecule has 0 fully saturated rings. The third-order valence-corrected chi connectivity index (χ3v) is 2.14. The molecular formula is C5H8Br3NO3. The van der Waals surface area contributed by atoms with Gasteiger partial charge in [-0.25, -0.2) is 4.79 Å². The van der Waals surface area contributed by atoms with Crippen molar-refractivity contribution in [2.24, 2.45) is 0 Å². The van der Waals surface area contributed by atoms with Crippen LogP contribution in [0.4, 0.5) is 4.79 Å². The minimum Gasteiger partial charge on any atom is -0.450 e. The zero-order valence-electron chi connectivity index (χ0n) is 6.18. The van der Waals surface area contributed by atoms with E-state index in [1.54, 1.807) is 6.92 Å². The number of hydrogen-bond acceptors (Lipinski definition) is 3. The third kappa shape index (κ3) is 5.34. The van der Waals surface area contributed by atoms with Gasteiger partial charge in [0.2, 0.25) is 0 Å². The number of nitrogens with one attached hydrogen (secondary N) is 1. The normalized spacial score (nSPS) is 13.8. The summed E-state index contributed by atoms with van der Waals surface area (Å²) in [4.78, 5) is 10.7. The lowest BCUT2D eigenvalue weighted by Gasteiger charge is -2.20. The summed E-state index contributed by atoms with van der Waals surface area (Å²) < 4.78 is 3.60. The molecule has 1 atom stereocenters. The molecule has 0 saturated carbocycles. The number of carbonyl (C=O) groups excluding carboxylic acids is 1. The Bertz CT molecular complexity index is 159. The SMILES string of the molecule is CCOC(=O)NC(O)C(Br)(Br)Br. The molecule has 0 spiro atoms. The summed E-state index contributed by atoms with van der Waals surface area (Å²) in [7, 11) is 0. The van der Waals surface area contributed by atoms with Gasteiger partial charge >= 0.3 is 6.09 Å². The summed E-state index contributed by atoms with van der Waals surface area (Å²) in [5, 5.41) is 11.4. The monoisotopic (exact) mass is 367 g/mol. The maximum atomic E-state index is 10.7. The molecule has 0 radical (unpaired) electrons. The Hall–Kier alpha value is 0.670. The summed E-state index contributed by atoms with van der Waals surface area (Å²) in [6, 6.07) is 0. The summed E-state index contributed by atoms with van der Waals surface area (Å²) in [6.07, 6.45) is -1.80. The van der Waals surface area contributed by atoms with Crippen LogP contribution < -0.4 is 5.32 Å². The Morgan fingerprint density at radius 1 is 1.67 bits per heavy atom. The van der Waals surface area contributed by atoms with E-state index < -0.39 is 14.5 Å². The lowest BCUT2D eigenvalue weighted by molar-refractivity contribution is 0.108. The van der Waals surface area contributed by atoms with Crippen molar-refractivity contribution in [3.63, 3.8) is 0 Å². The standard InChI is InChI=1S/C5H8Br3NO3/c1-2-12-4(11)9-3(10)5(6,7)8/h3,10H,2H2,1H3,(H,9,11). The number of hydrogen-bond donors (Lipinski definition) is 2. The van der Waals surface area contributed by atoms with E-state index in [0.29, 0.717) is 0 Å². The molecule has 4 nitrogen and oxygen atoms in total. The number of alkyl halides is 3. The summed E-state index contributed by atoms with van der Waals surface area (Å²) in [5.41, 5.74) is 0. The molecule has 1 unspecified atom stereocenters. The quantitative estimate of drug-likeness (QED) is 0.577. The van der Waals surface area contributed by atoms with Gasteiger partial charge < -0.3 is 9.84 Å². The van der Waals surface area contributed by atoms with E-state index in [1.165, 1.54) is 0 Å². The van der Waals surface area contributed by atoms with Crippen LogP contribution >= 0.6 is 47.8 Å². The van der Waals surface area contributed by atoms with Crippen molar-refractivity contribution in [1.82, 2.24) is 5.32 Å². The smallest absolute Gasteiger partial charge is 0.409 e. The molecule has 0 aliphatic carbocycles. The number of ether oxygens (including phenoxy) is 1. The number of alkyl carbamates (subject to hydrolysis) is 1. The molecule has 0 aliphatic heterocycles. The van der Waals surface area contributed by atoms with Crippen molar-refractivity contribution < 1.29 is 14.6 Å². The first-order valence-corrected chi connectivity index (χ1v) is 5.44. The van der Waals surface area contributed by atoms with E-state index in [2.05, 4.69) is 57.8 Å². The van der Waals surface area contributed by atoms with Crippen LogP contribution in [0.1, 0.15) is 6.92 Å². The van der Waals surface area contributed by atoms with E-state index in [-0.39, 0.29) is 6.61 Å². The molecule has 0 heterocycles. The molecule has 1 amide bonds. The van der Waals surface area contributed by atoms with Crippen molar-refractivity contribution in [2.75, 3.05) is 6.61 Å². The molecule has 72 valence electrons. The highest BCUT2D eigenvalue weighted by molar-refractivity contribution is 9.39. The first-order valence-electron chi connectivity index (χ1n) is 3.06. The van der Waals surface area contributed by atoms with Gasteiger partial charge in [-0.15, -0.1) is 0 Å². The zero-order chi connectivity index (χ0) is 9.78. The van der Waals surface area contributed by atoms with Crippen molar-refractivity contribution in [1.29, 1.82) is 0 Å². The van der Waals surface area contributed by atoms with Gasteiger partial charge in [-0.3, -0.25) is 5.32 Å². The molecule has 0 rings (SSSR count). The first-order chi connectivity index (χ1) is 5.38. The van der Waals surface area contributed by atoms with Gasteiger partial charge in [0.15, 0.2) is 8.37 Å². The zero-order valence-corrected chi connectivity index (χ0v) is 10.9. The second-order valence-electron chi connectivity index (χ2n) is 1.81. The van der Waals surface area contributed by atoms with Gasteiger partial charge in [-0.05, 0) is 6.92 Å². The summed E-state index contributed by atoms with van der Waals surface area (Å²) in [6.45, 7) is 1.94. The van der Waals surface area contributed by atoms with Gasteiger partial charge in [0.05, 0.1) is 6.61 Å². The van der Waals surface area contributed by atoms with Crippen molar-refractivity contribution in [3.05, 3.63) is 0 Å². The van der Waals surface area contributed by atoms with E-state index in [0.717, 1.165) is 0 Å². The van der Waals surface area contributed by atoms with Gasteiger partial charge in [0, 0.05) is 0 Å². The Morgan fingerprint density at radius 3 is 2.50 bits per heavy atom. The Morgan fingerprint density at radius 2 is 2.17 bits per heavy atom. The van der Waals surface area contributed by atoms with E-state index in [4.69, 9.17) is 0 Å². The molecule has 0 bridgehead atoms. The average molecular weight is 370 g/mol. The van der Waals surface area contributed by atoms with Crippen molar-refractivity contribution >= 4 is 53.9 Å². The van der Waals surface area contributed by atoms with E-state index in [9.17, 15) is 9.90 Å². The van der Waals surface area contributed by atoms with Gasteiger partial charge in [0.25, 0.3) is 0 Å². The van der Waals surface area contributed by atoms with Crippen LogP contribution in [-0.2, 0) is 4.74 Å². The van der Waals surface area contributed by atoms with Crippen LogP contribution in [-0.4, -0.2) is 26.2 Å². The molecule has 0 aromatic carbocycles. The number of aliphatic hydroxyl groups excluding tert-OH is 1. The fourth-order valence-corrected chi connectivity index (χ4v) is 0.710. The fraction of sp³-hybridized carbons (Fsp3) is 0.800. The Labute approximate surface area is 95.4 Å². The topological polar surface area (TPSA) is 58.6 Å². The van der Waals surface area contributed by atoms with Crippen LogP contribution in [0.5, 0.6) is 0 Å². The predicted molar refractivity (Wildman–Crippen MR) is 55.7 cm³/mol. The highest BCUT2D eigenvalue weighted by Gasteiger charge is 2.30. The summed E-state index contributed by atoms with van der Waals surface area (Å²) in [5.74, 6) is 0. The Kier molecular flexibility index (Phi) is 5.71. The fourth-order valence-electron chi connectivity index (χ4n) is 0.366. The van der Waals surface area contributed by atoms with Crippen LogP contribution in [0, 0.1) is 0 Å². The van der Waals surface area contributed by atoms with E-state index >= 15 is 0 Å². The maximum Gasteiger partial charge on any atom is 0.409 e. The molecule has 2 N–H and O–H groups in total. The highest BCUT2D eigenvalue weighted by Crippen LogP contribution is 2.35. The summed E-state index contributed by atoms with van der Waals surface area (Å²) >= 11 is 9.11. The van der Waals surface area contributed by atoms with Gasteiger partial charge in [-0.2, -0.15) is 0 Å². The minimum absolute atomic E-state index is 0.262. The van der Waals surface area contributed by atoms with Gasteiger partial charge in [0.1, 0.15) is 0 Å². The lowest BCUT2D eigenvalue weighted by atomic mass is 10.6. The van der Waals surface area contributed by atoms with Crippen molar-refractivity contribution in [3.8, 4) is 0 Å². The molecule has 0 saturated heterocycles. The van der Waals surface area contributed by atoms with Gasteiger partial charge in [-0.1, -0.05) is 47.8 Å². The number of amides is 1. The first kappa shape index (κ1) is 12.7. The van der Waals surface area contributed by atoms with Crippen LogP contribution in [0.2, 0.25) is 0 Å². The second-order valence-corrected chi connectivity index (χ2v) is 8.75. The average Bonchev–Trinajstić information content (AvgIpc) is 1.85. The van der Waals surface area contributed by atoms with Crippen LogP contribution in [0.25, 0.3) is 0 Å². The highest BCUT2D eigenvalue weighted by atomic mass is 80.0. The van der Waals surface area contributed by atoms with Crippen LogP contribution in [0.3, 0.4) is 0 Å². The molecular weight excluding hydrogens is 362 g/mol. The Balaban J connectivity index is 3.84.